The third kappa shape index (κ3) is 3.74. The number of nitrogens with zero attached hydrogens (tertiary/aromatic N) is 6. The summed E-state index contributed by atoms with van der Waals surface area (Å²) in [7, 11) is 1.59. The number of anilines is 1. The highest BCUT2D eigenvalue weighted by Crippen LogP contribution is 2.36. The van der Waals surface area contributed by atoms with E-state index < -0.39 is 5.82 Å². The number of aryl methyl sites for hydroxylation is 1. The lowest BCUT2D eigenvalue weighted by molar-refractivity contribution is 0.0395. The van der Waals surface area contributed by atoms with Gasteiger partial charge in [-0.05, 0) is 37.1 Å². The van der Waals surface area contributed by atoms with Crippen LogP contribution in [-0.4, -0.2) is 44.2 Å². The van der Waals surface area contributed by atoms with E-state index in [1.54, 1.807) is 31.4 Å². The Bertz CT molecular complexity index is 1460. The standard InChI is InChI=1S/C24H22ClFN6O2/c1-30-24(33)18-9-22(29-23(19(18)11-27-30)17-5-2-15(25)8-20(17)26)31-6-7-34-21(13-31)14-10-28-32(12-14)16-3-4-16/h2,5,8-12,16,21H,3-4,6-7,13H2,1H3/t21-/m0/s1. The van der Waals surface area contributed by atoms with Crippen molar-refractivity contribution in [1.82, 2.24) is 24.5 Å². The van der Waals surface area contributed by atoms with Gasteiger partial charge in [-0.15, -0.1) is 0 Å². The van der Waals surface area contributed by atoms with Gasteiger partial charge in [0.25, 0.3) is 5.56 Å². The molecule has 2 fully saturated rings. The molecule has 174 valence electrons. The molecule has 6 rings (SSSR count). The zero-order chi connectivity index (χ0) is 23.4. The van der Waals surface area contributed by atoms with Gasteiger partial charge < -0.3 is 9.64 Å². The Balaban J connectivity index is 1.43. The predicted octanol–water partition coefficient (Wildman–Crippen LogP) is 3.90. The van der Waals surface area contributed by atoms with E-state index in [-0.39, 0.29) is 17.2 Å². The Morgan fingerprint density at radius 2 is 2.00 bits per heavy atom. The topological polar surface area (TPSA) is 78.1 Å². The number of morpholine rings is 1. The second-order valence-electron chi connectivity index (χ2n) is 8.78. The molecule has 0 bridgehead atoms. The van der Waals surface area contributed by atoms with Gasteiger partial charge in [-0.2, -0.15) is 10.2 Å². The average Bonchev–Trinajstić information content (AvgIpc) is 3.57. The Labute approximate surface area is 199 Å². The van der Waals surface area contributed by atoms with Crippen molar-refractivity contribution in [1.29, 1.82) is 0 Å². The zero-order valence-electron chi connectivity index (χ0n) is 18.5. The van der Waals surface area contributed by atoms with Crippen LogP contribution in [0.15, 0.2) is 47.7 Å². The Morgan fingerprint density at radius 1 is 1.15 bits per heavy atom. The summed E-state index contributed by atoms with van der Waals surface area (Å²) < 4.78 is 24.2. The summed E-state index contributed by atoms with van der Waals surface area (Å²) in [6, 6.07) is 6.68. The van der Waals surface area contributed by atoms with Crippen molar-refractivity contribution in [3.63, 3.8) is 0 Å². The third-order valence-electron chi connectivity index (χ3n) is 6.42. The molecular weight excluding hydrogens is 459 g/mol. The van der Waals surface area contributed by atoms with E-state index in [0.29, 0.717) is 53.0 Å². The molecule has 4 heterocycles. The Hall–Kier alpha value is -3.30. The van der Waals surface area contributed by atoms with Crippen molar-refractivity contribution in [3.05, 3.63) is 69.6 Å². The molecule has 8 nitrogen and oxygen atoms in total. The fourth-order valence-electron chi connectivity index (χ4n) is 4.39. The van der Waals surface area contributed by atoms with E-state index in [1.165, 1.54) is 10.7 Å². The maximum atomic E-state index is 14.9. The molecule has 34 heavy (non-hydrogen) atoms. The van der Waals surface area contributed by atoms with Crippen molar-refractivity contribution in [2.24, 2.45) is 7.05 Å². The summed E-state index contributed by atoms with van der Waals surface area (Å²) in [5.41, 5.74) is 1.37. The van der Waals surface area contributed by atoms with E-state index >= 15 is 0 Å². The number of benzene rings is 1. The molecule has 1 aliphatic carbocycles. The third-order valence-corrected chi connectivity index (χ3v) is 6.66. The van der Waals surface area contributed by atoms with Gasteiger partial charge in [-0.1, -0.05) is 11.6 Å². The van der Waals surface area contributed by atoms with E-state index in [9.17, 15) is 9.18 Å². The molecule has 1 aromatic carbocycles. The van der Waals surface area contributed by atoms with Crippen molar-refractivity contribution < 1.29 is 9.13 Å². The number of rotatable bonds is 4. The van der Waals surface area contributed by atoms with Gasteiger partial charge in [0.1, 0.15) is 17.7 Å². The monoisotopic (exact) mass is 480 g/mol. The van der Waals surface area contributed by atoms with Gasteiger partial charge in [-0.25, -0.2) is 14.1 Å². The van der Waals surface area contributed by atoms with E-state index in [2.05, 4.69) is 21.3 Å². The van der Waals surface area contributed by atoms with Gasteiger partial charge in [0.2, 0.25) is 0 Å². The maximum absolute atomic E-state index is 14.9. The van der Waals surface area contributed by atoms with Crippen LogP contribution in [0.5, 0.6) is 0 Å². The number of hydrogen-bond acceptors (Lipinski definition) is 6. The number of hydrogen-bond donors (Lipinski definition) is 0. The first-order chi connectivity index (χ1) is 16.5. The second kappa shape index (κ2) is 8.18. The van der Waals surface area contributed by atoms with Gasteiger partial charge in [0, 0.05) is 47.9 Å². The van der Waals surface area contributed by atoms with E-state index in [0.717, 1.165) is 18.4 Å². The Kier molecular flexibility index (Phi) is 5.11. The highest BCUT2D eigenvalue weighted by atomic mass is 35.5. The molecular formula is C24H22ClFN6O2. The van der Waals surface area contributed by atoms with Crippen LogP contribution >= 0.6 is 11.6 Å². The normalized spacial score (nSPS) is 18.6. The lowest BCUT2D eigenvalue weighted by Gasteiger charge is -2.33. The number of aromatic nitrogens is 5. The average molecular weight is 481 g/mol. The first kappa shape index (κ1) is 21.2. The van der Waals surface area contributed by atoms with Crippen molar-refractivity contribution >= 4 is 28.2 Å². The van der Waals surface area contributed by atoms with Gasteiger partial charge in [0.15, 0.2) is 0 Å². The molecule has 10 heteroatoms. The molecule has 1 saturated heterocycles. The summed E-state index contributed by atoms with van der Waals surface area (Å²) >= 11 is 5.97. The van der Waals surface area contributed by atoms with Crippen LogP contribution in [0.2, 0.25) is 5.02 Å². The van der Waals surface area contributed by atoms with Crippen molar-refractivity contribution in [3.8, 4) is 11.3 Å². The summed E-state index contributed by atoms with van der Waals surface area (Å²) in [5, 5.41) is 9.82. The summed E-state index contributed by atoms with van der Waals surface area (Å²) in [5.74, 6) is 0.0782. The largest absolute Gasteiger partial charge is 0.370 e. The summed E-state index contributed by atoms with van der Waals surface area (Å²) in [6.07, 6.45) is 7.60. The number of pyridine rings is 1. The summed E-state index contributed by atoms with van der Waals surface area (Å²) in [6.45, 7) is 1.64. The zero-order valence-corrected chi connectivity index (χ0v) is 19.2. The number of fused-ring (bicyclic) bond motifs is 1. The van der Waals surface area contributed by atoms with Crippen molar-refractivity contribution in [2.75, 3.05) is 24.6 Å². The number of halogens is 2. The van der Waals surface area contributed by atoms with Crippen LogP contribution in [-0.2, 0) is 11.8 Å². The van der Waals surface area contributed by atoms with Crippen molar-refractivity contribution in [2.45, 2.75) is 25.0 Å². The molecule has 4 aromatic rings. The molecule has 1 atom stereocenters. The lowest BCUT2D eigenvalue weighted by Crippen LogP contribution is -2.39. The first-order valence-corrected chi connectivity index (χ1v) is 11.6. The lowest BCUT2D eigenvalue weighted by atomic mass is 10.0. The van der Waals surface area contributed by atoms with Crippen LogP contribution in [0, 0.1) is 5.82 Å². The minimum atomic E-state index is -0.508. The summed E-state index contributed by atoms with van der Waals surface area (Å²) in [4.78, 5) is 19.8. The van der Waals surface area contributed by atoms with Crippen LogP contribution < -0.4 is 10.5 Å². The molecule has 1 aliphatic heterocycles. The molecule has 0 unspecified atom stereocenters. The molecule has 2 aliphatic rings. The minimum Gasteiger partial charge on any atom is -0.370 e. The van der Waals surface area contributed by atoms with Crippen LogP contribution in [0.4, 0.5) is 10.2 Å². The molecule has 3 aromatic heterocycles. The molecule has 0 radical (unpaired) electrons. The highest BCUT2D eigenvalue weighted by Gasteiger charge is 2.29. The van der Waals surface area contributed by atoms with Gasteiger partial charge in [-0.3, -0.25) is 9.48 Å². The maximum Gasteiger partial charge on any atom is 0.274 e. The van der Waals surface area contributed by atoms with Gasteiger partial charge in [0.05, 0.1) is 36.1 Å². The SMILES string of the molecule is Cn1ncc2c(-c3ccc(Cl)cc3F)nc(N3CCO[C@H](c4cnn(C5CC5)c4)C3)cc2c1=O. The minimum absolute atomic E-state index is 0.172. The molecule has 0 spiro atoms. The van der Waals surface area contributed by atoms with E-state index in [1.807, 2.05) is 10.9 Å². The molecule has 0 N–H and O–H groups in total. The van der Waals surface area contributed by atoms with Gasteiger partial charge >= 0.3 is 0 Å². The van der Waals surface area contributed by atoms with Crippen LogP contribution in [0.3, 0.4) is 0 Å². The fraction of sp³-hybridized carbons (Fsp3) is 0.333. The molecule has 1 saturated carbocycles. The fourth-order valence-corrected chi connectivity index (χ4v) is 4.54. The molecule has 0 amide bonds. The van der Waals surface area contributed by atoms with Crippen LogP contribution in [0.1, 0.15) is 30.6 Å². The smallest absolute Gasteiger partial charge is 0.274 e. The predicted molar refractivity (Wildman–Crippen MR) is 127 cm³/mol. The second-order valence-corrected chi connectivity index (χ2v) is 9.21. The Morgan fingerprint density at radius 3 is 2.79 bits per heavy atom. The van der Waals surface area contributed by atoms with Crippen LogP contribution in [0.25, 0.3) is 22.0 Å². The first-order valence-electron chi connectivity index (χ1n) is 11.2. The van der Waals surface area contributed by atoms with E-state index in [4.69, 9.17) is 21.3 Å². The number of ether oxygens (including phenoxy) is 1. The highest BCUT2D eigenvalue weighted by molar-refractivity contribution is 6.30. The quantitative estimate of drug-likeness (QED) is 0.441.